The first-order chi connectivity index (χ1) is 33.7. The Bertz CT molecular complexity index is 3470. The second kappa shape index (κ2) is 21.3. The van der Waals surface area contributed by atoms with E-state index in [1.54, 1.807) is 0 Å². The van der Waals surface area contributed by atoms with Crippen molar-refractivity contribution >= 4 is 55.2 Å². The van der Waals surface area contributed by atoms with Gasteiger partial charge in [-0.05, 0) is 153 Å². The standard InChI is InChI=1S/C48H44N2.C9H9N.C8H10.C2H6/c1-9-15-31(4)35(10-2)36-24-21-33(27-32(36)5)50(34-22-25-39-37-16-13-14-19-44(37)49(8)45(39)28-34)46-29-43-47(40-18-12-11-17-38(40)46)41-23-20-30(3)26-42(41)48(43,6)7;1-7-3-4-9(6-10)8(2)5-7;1-7-3-5-8(2)6-4-7;1-2/h9-29H,2H2,1,3-8H3;3-5H,1-2H3;3-6H,1-2H3;1-2H3/b15-9-,35-31+;;;. The molecule has 3 nitrogen and oxygen atoms in total. The van der Waals surface area contributed by atoms with Crippen LogP contribution in [0.15, 0.2) is 182 Å². The summed E-state index contributed by atoms with van der Waals surface area (Å²) in [5, 5.41) is 13.6. The van der Waals surface area contributed by atoms with Crippen molar-refractivity contribution in [3.05, 3.63) is 238 Å². The summed E-state index contributed by atoms with van der Waals surface area (Å²) in [6.07, 6.45) is 6.24. The summed E-state index contributed by atoms with van der Waals surface area (Å²) < 4.78 is 2.33. The molecule has 1 aromatic heterocycles. The molecule has 1 aliphatic carbocycles. The van der Waals surface area contributed by atoms with Gasteiger partial charge in [0.2, 0.25) is 0 Å². The van der Waals surface area contributed by atoms with Gasteiger partial charge in [-0.3, -0.25) is 0 Å². The molecule has 1 aliphatic rings. The molecule has 9 aromatic rings. The highest BCUT2D eigenvalue weighted by atomic mass is 15.1. The number of aryl methyl sites for hydroxylation is 7. The van der Waals surface area contributed by atoms with E-state index in [4.69, 9.17) is 5.26 Å². The molecule has 0 saturated heterocycles. The van der Waals surface area contributed by atoms with Crippen LogP contribution in [0.2, 0.25) is 0 Å². The molecule has 0 atom stereocenters. The van der Waals surface area contributed by atoms with Crippen LogP contribution in [0.3, 0.4) is 0 Å². The number of benzene rings is 8. The van der Waals surface area contributed by atoms with Crippen LogP contribution in [0.1, 0.15) is 97.2 Å². The van der Waals surface area contributed by atoms with E-state index in [9.17, 15) is 0 Å². The highest BCUT2D eigenvalue weighted by Crippen LogP contribution is 2.55. The monoisotopic (exact) mass is 916 g/mol. The SMILES string of the molecule is C=C/C(=C(C)\C=C/C)c1ccc(N(c2ccc3c4ccccc4n(C)c3c2)c2cc3c(c4ccccc24)-c2ccc(C)cc2C3(C)C)cc1C.CC.Cc1ccc(C#N)c(C)c1.Cc1ccc(C)cc1. The van der Waals surface area contributed by atoms with Gasteiger partial charge < -0.3 is 9.47 Å². The van der Waals surface area contributed by atoms with Gasteiger partial charge in [-0.2, -0.15) is 5.26 Å². The van der Waals surface area contributed by atoms with E-state index in [1.165, 1.54) is 99.5 Å². The molecule has 3 heteroatoms. The minimum absolute atomic E-state index is 0.144. The summed E-state index contributed by atoms with van der Waals surface area (Å²) in [7, 11) is 2.18. The Kier molecular flexibility index (Phi) is 15.3. The lowest BCUT2D eigenvalue weighted by Crippen LogP contribution is -2.17. The van der Waals surface area contributed by atoms with Gasteiger partial charge in [-0.1, -0.05) is 184 Å². The lowest BCUT2D eigenvalue weighted by molar-refractivity contribution is 0.660. The topological polar surface area (TPSA) is 32.0 Å². The van der Waals surface area contributed by atoms with Gasteiger partial charge in [0.1, 0.15) is 0 Å². The smallest absolute Gasteiger partial charge is 0.0994 e. The Morgan fingerprint density at radius 1 is 0.600 bits per heavy atom. The second-order valence-electron chi connectivity index (χ2n) is 19.0. The molecule has 0 spiro atoms. The van der Waals surface area contributed by atoms with E-state index < -0.39 is 0 Å². The van der Waals surface area contributed by atoms with E-state index in [0.29, 0.717) is 0 Å². The molecule has 0 radical (unpaired) electrons. The fraction of sp³-hybridized carbons (Fsp3) is 0.209. The number of hydrogen-bond donors (Lipinski definition) is 0. The third-order valence-corrected chi connectivity index (χ3v) is 13.7. The molecule has 352 valence electrons. The zero-order valence-electron chi connectivity index (χ0n) is 43.7. The molecule has 8 aromatic carbocycles. The molecule has 0 N–H and O–H groups in total. The number of para-hydroxylation sites is 1. The summed E-state index contributed by atoms with van der Waals surface area (Å²) in [5.41, 5.74) is 23.0. The van der Waals surface area contributed by atoms with Crippen molar-refractivity contribution in [3.63, 3.8) is 0 Å². The van der Waals surface area contributed by atoms with Gasteiger partial charge in [-0.25, -0.2) is 0 Å². The minimum atomic E-state index is -0.144. The molecule has 0 aliphatic heterocycles. The molecule has 1 heterocycles. The molecule has 0 saturated carbocycles. The van der Waals surface area contributed by atoms with Crippen LogP contribution < -0.4 is 4.90 Å². The molecule has 0 unspecified atom stereocenters. The molecule has 70 heavy (non-hydrogen) atoms. The number of rotatable bonds is 6. The molecule has 0 bridgehead atoms. The van der Waals surface area contributed by atoms with Gasteiger partial charge >= 0.3 is 0 Å². The van der Waals surface area contributed by atoms with Crippen molar-refractivity contribution in [2.24, 2.45) is 7.05 Å². The van der Waals surface area contributed by atoms with E-state index in [0.717, 1.165) is 28.1 Å². The van der Waals surface area contributed by atoms with Crippen molar-refractivity contribution in [3.8, 4) is 17.2 Å². The highest BCUT2D eigenvalue weighted by molar-refractivity contribution is 6.12. The number of nitrogens with zero attached hydrogens (tertiary/aromatic N) is 3. The van der Waals surface area contributed by atoms with Crippen LogP contribution in [0.4, 0.5) is 17.1 Å². The van der Waals surface area contributed by atoms with E-state index in [-0.39, 0.29) is 5.41 Å². The number of anilines is 3. The zero-order chi connectivity index (χ0) is 50.4. The van der Waals surface area contributed by atoms with Gasteiger partial charge in [0.25, 0.3) is 0 Å². The third-order valence-electron chi connectivity index (χ3n) is 13.7. The Morgan fingerprint density at radius 2 is 1.17 bits per heavy atom. The first kappa shape index (κ1) is 50.2. The first-order valence-electron chi connectivity index (χ1n) is 24.7. The molecular weight excluding hydrogens is 847 g/mol. The number of allylic oxidation sites excluding steroid dienone is 5. The van der Waals surface area contributed by atoms with Crippen LogP contribution in [-0.2, 0) is 12.5 Å². The average molecular weight is 916 g/mol. The minimum Gasteiger partial charge on any atom is -0.344 e. The molecular formula is C67H69N3. The van der Waals surface area contributed by atoms with E-state index in [1.807, 2.05) is 52.0 Å². The average Bonchev–Trinajstić information content (AvgIpc) is 3.77. The molecule has 10 rings (SSSR count). The zero-order valence-corrected chi connectivity index (χ0v) is 43.7. The second-order valence-corrected chi connectivity index (χ2v) is 19.0. The number of fused-ring (bicyclic) bond motifs is 8. The third kappa shape index (κ3) is 9.78. The Morgan fingerprint density at radius 3 is 1.80 bits per heavy atom. The fourth-order valence-electron chi connectivity index (χ4n) is 10.1. The predicted molar refractivity (Wildman–Crippen MR) is 305 cm³/mol. The number of hydrogen-bond acceptors (Lipinski definition) is 2. The van der Waals surface area contributed by atoms with E-state index >= 15 is 0 Å². The lowest BCUT2D eigenvalue weighted by Gasteiger charge is -2.30. The van der Waals surface area contributed by atoms with Gasteiger partial charge in [0.15, 0.2) is 0 Å². The maximum atomic E-state index is 8.56. The lowest BCUT2D eigenvalue weighted by atomic mass is 9.81. The van der Waals surface area contributed by atoms with Crippen molar-refractivity contribution in [2.75, 3.05) is 4.90 Å². The van der Waals surface area contributed by atoms with Crippen LogP contribution in [-0.4, -0.2) is 4.57 Å². The van der Waals surface area contributed by atoms with Crippen LogP contribution in [0.25, 0.3) is 49.3 Å². The fourth-order valence-corrected chi connectivity index (χ4v) is 10.1. The first-order valence-corrected chi connectivity index (χ1v) is 24.7. The van der Waals surface area contributed by atoms with E-state index in [2.05, 4.69) is 230 Å². The highest BCUT2D eigenvalue weighted by Gasteiger charge is 2.38. The quantitative estimate of drug-likeness (QED) is 0.156. The largest absolute Gasteiger partial charge is 0.344 e. The van der Waals surface area contributed by atoms with Gasteiger partial charge in [0, 0.05) is 45.5 Å². The van der Waals surface area contributed by atoms with Crippen LogP contribution >= 0.6 is 0 Å². The summed E-state index contributed by atoms with van der Waals surface area (Å²) in [5.74, 6) is 0. The summed E-state index contributed by atoms with van der Waals surface area (Å²) in [6, 6.07) is 57.4. The van der Waals surface area contributed by atoms with Crippen molar-refractivity contribution in [2.45, 2.75) is 88.5 Å². The number of nitriles is 1. The van der Waals surface area contributed by atoms with Crippen molar-refractivity contribution < 1.29 is 0 Å². The summed E-state index contributed by atoms with van der Waals surface area (Å²) in [4.78, 5) is 2.48. The Balaban J connectivity index is 0.000000300. The van der Waals surface area contributed by atoms with Crippen molar-refractivity contribution in [1.82, 2.24) is 4.57 Å². The predicted octanol–water partition coefficient (Wildman–Crippen LogP) is 18.9. The summed E-state index contributed by atoms with van der Waals surface area (Å²) in [6.45, 7) is 29.8. The number of aromatic nitrogens is 1. The van der Waals surface area contributed by atoms with Crippen molar-refractivity contribution in [1.29, 1.82) is 5.26 Å². The molecule has 0 fully saturated rings. The van der Waals surface area contributed by atoms with Crippen LogP contribution in [0.5, 0.6) is 0 Å². The normalized spacial score (nSPS) is 12.4. The maximum Gasteiger partial charge on any atom is 0.0994 e. The maximum absolute atomic E-state index is 8.56. The van der Waals surface area contributed by atoms with Gasteiger partial charge in [-0.15, -0.1) is 0 Å². The Hall–Kier alpha value is -7.67. The summed E-state index contributed by atoms with van der Waals surface area (Å²) >= 11 is 0. The van der Waals surface area contributed by atoms with Crippen LogP contribution in [0, 0.1) is 52.9 Å². The van der Waals surface area contributed by atoms with Gasteiger partial charge in [0.05, 0.1) is 22.8 Å². The molecule has 0 amide bonds. The Labute approximate surface area is 418 Å².